The van der Waals surface area contributed by atoms with Crippen molar-refractivity contribution < 1.29 is 0 Å². The Morgan fingerprint density at radius 2 is 2.00 bits per heavy atom. The lowest BCUT2D eigenvalue weighted by molar-refractivity contribution is 0.369. The van der Waals surface area contributed by atoms with Gasteiger partial charge in [-0.3, -0.25) is 0 Å². The molecule has 3 heteroatoms. The summed E-state index contributed by atoms with van der Waals surface area (Å²) < 4.78 is 1.00. The molecule has 0 saturated heterocycles. The number of aryl methyl sites for hydroxylation is 1. The number of rotatable bonds is 2. The maximum Gasteiger partial charge on any atom is 0.0453 e. The van der Waals surface area contributed by atoms with Crippen LogP contribution in [0.25, 0.3) is 0 Å². The van der Waals surface area contributed by atoms with Crippen LogP contribution in [0.2, 0.25) is 5.02 Å². The Hall–Kier alpha value is -0.830. The molecular formula is C17H17BrClN. The Morgan fingerprint density at radius 3 is 2.80 bits per heavy atom. The van der Waals surface area contributed by atoms with Gasteiger partial charge in [0, 0.05) is 15.0 Å². The van der Waals surface area contributed by atoms with Crippen molar-refractivity contribution >= 4 is 27.5 Å². The molecule has 1 aliphatic rings. The van der Waals surface area contributed by atoms with Crippen LogP contribution in [0.1, 0.15) is 29.5 Å². The number of fused-ring (bicyclic) bond motifs is 1. The molecule has 0 heterocycles. The number of nitrogens with two attached hydrogens (primary N) is 1. The molecule has 104 valence electrons. The summed E-state index contributed by atoms with van der Waals surface area (Å²) in [7, 11) is 0. The summed E-state index contributed by atoms with van der Waals surface area (Å²) in [6.07, 6.45) is 4.07. The van der Waals surface area contributed by atoms with Gasteiger partial charge in [0.1, 0.15) is 0 Å². The predicted octanol–water partition coefficient (Wildman–Crippen LogP) is 4.84. The Labute approximate surface area is 133 Å². The zero-order valence-corrected chi connectivity index (χ0v) is 13.5. The van der Waals surface area contributed by atoms with E-state index in [0.717, 1.165) is 40.7 Å². The van der Waals surface area contributed by atoms with E-state index in [1.165, 1.54) is 11.1 Å². The molecule has 1 nitrogen and oxygen atoms in total. The lowest BCUT2D eigenvalue weighted by Crippen LogP contribution is -2.42. The van der Waals surface area contributed by atoms with Crippen LogP contribution < -0.4 is 5.73 Å². The number of hydrogen-bond donors (Lipinski definition) is 1. The molecule has 0 bridgehead atoms. The fraction of sp³-hybridized carbons (Fsp3) is 0.294. The van der Waals surface area contributed by atoms with Gasteiger partial charge in [0.2, 0.25) is 0 Å². The van der Waals surface area contributed by atoms with E-state index in [9.17, 15) is 0 Å². The standard InChI is InChI=1S/C17H17BrClN/c18-14-8-7-13(16(19)10-14)11-17(20)9-3-5-12-4-1-2-6-15(12)17/h1-2,4,6-8,10H,3,5,9,11,20H2. The van der Waals surface area contributed by atoms with Crippen molar-refractivity contribution in [2.24, 2.45) is 5.73 Å². The molecule has 0 aromatic heterocycles. The summed E-state index contributed by atoms with van der Waals surface area (Å²) in [5.41, 5.74) is 10.2. The van der Waals surface area contributed by atoms with E-state index in [2.05, 4.69) is 46.3 Å². The second kappa shape index (κ2) is 5.51. The molecular weight excluding hydrogens is 334 g/mol. The summed E-state index contributed by atoms with van der Waals surface area (Å²) in [5.74, 6) is 0. The molecule has 0 fully saturated rings. The fourth-order valence-electron chi connectivity index (χ4n) is 3.14. The summed E-state index contributed by atoms with van der Waals surface area (Å²) in [6.45, 7) is 0. The second-order valence-corrected chi connectivity index (χ2v) is 6.90. The van der Waals surface area contributed by atoms with Gasteiger partial charge in [-0.25, -0.2) is 0 Å². The van der Waals surface area contributed by atoms with Gasteiger partial charge in [-0.15, -0.1) is 0 Å². The van der Waals surface area contributed by atoms with E-state index in [1.807, 2.05) is 12.1 Å². The molecule has 1 unspecified atom stereocenters. The Kier molecular flexibility index (Phi) is 3.89. The van der Waals surface area contributed by atoms with Crippen LogP contribution in [0.5, 0.6) is 0 Å². The maximum atomic E-state index is 6.74. The first kappa shape index (κ1) is 14.1. The maximum absolute atomic E-state index is 6.74. The minimum absolute atomic E-state index is 0.299. The molecule has 0 radical (unpaired) electrons. The summed E-state index contributed by atoms with van der Waals surface area (Å²) in [4.78, 5) is 0. The molecule has 20 heavy (non-hydrogen) atoms. The van der Waals surface area contributed by atoms with Gasteiger partial charge in [-0.2, -0.15) is 0 Å². The summed E-state index contributed by atoms with van der Waals surface area (Å²) in [5, 5.41) is 0.784. The van der Waals surface area contributed by atoms with Gasteiger partial charge in [0.25, 0.3) is 0 Å². The van der Waals surface area contributed by atoms with Crippen molar-refractivity contribution in [3.05, 3.63) is 68.7 Å². The second-order valence-electron chi connectivity index (χ2n) is 5.58. The zero-order valence-electron chi connectivity index (χ0n) is 11.2. The lowest BCUT2D eigenvalue weighted by Gasteiger charge is -2.36. The lowest BCUT2D eigenvalue weighted by atomic mass is 9.74. The van der Waals surface area contributed by atoms with E-state index in [-0.39, 0.29) is 5.54 Å². The first-order valence-electron chi connectivity index (χ1n) is 6.90. The smallest absolute Gasteiger partial charge is 0.0453 e. The van der Waals surface area contributed by atoms with Crippen LogP contribution in [0.3, 0.4) is 0 Å². The molecule has 1 aliphatic carbocycles. The van der Waals surface area contributed by atoms with Crippen LogP contribution in [0, 0.1) is 0 Å². The summed E-state index contributed by atoms with van der Waals surface area (Å²) in [6, 6.07) is 14.6. The Balaban J connectivity index is 1.98. The Bertz CT molecular complexity index is 641. The highest BCUT2D eigenvalue weighted by Gasteiger charge is 2.32. The first-order valence-corrected chi connectivity index (χ1v) is 8.07. The zero-order chi connectivity index (χ0) is 14.2. The Morgan fingerprint density at radius 1 is 1.20 bits per heavy atom. The van der Waals surface area contributed by atoms with Gasteiger partial charge < -0.3 is 5.73 Å². The van der Waals surface area contributed by atoms with Crippen molar-refractivity contribution in [3.63, 3.8) is 0 Å². The van der Waals surface area contributed by atoms with Crippen molar-refractivity contribution in [1.29, 1.82) is 0 Å². The minimum atomic E-state index is -0.299. The molecule has 1 atom stereocenters. The number of halogens is 2. The largest absolute Gasteiger partial charge is 0.321 e. The average Bonchev–Trinajstić information content (AvgIpc) is 2.43. The van der Waals surface area contributed by atoms with Crippen molar-refractivity contribution in [2.75, 3.05) is 0 Å². The van der Waals surface area contributed by atoms with Gasteiger partial charge in [0.05, 0.1) is 0 Å². The molecule has 0 spiro atoms. The molecule has 2 aromatic rings. The first-order chi connectivity index (χ1) is 9.58. The van der Waals surface area contributed by atoms with Crippen LogP contribution in [-0.4, -0.2) is 0 Å². The highest BCUT2D eigenvalue weighted by atomic mass is 79.9. The highest BCUT2D eigenvalue weighted by molar-refractivity contribution is 9.10. The topological polar surface area (TPSA) is 26.0 Å². The van der Waals surface area contributed by atoms with E-state index in [4.69, 9.17) is 17.3 Å². The van der Waals surface area contributed by atoms with E-state index in [1.54, 1.807) is 0 Å². The van der Waals surface area contributed by atoms with Crippen molar-refractivity contribution in [3.8, 4) is 0 Å². The third-order valence-corrected chi connectivity index (χ3v) is 4.99. The molecule has 0 amide bonds. The monoisotopic (exact) mass is 349 g/mol. The van der Waals surface area contributed by atoms with Gasteiger partial charge in [0.15, 0.2) is 0 Å². The van der Waals surface area contributed by atoms with Gasteiger partial charge in [-0.1, -0.05) is 57.9 Å². The minimum Gasteiger partial charge on any atom is -0.321 e. The predicted molar refractivity (Wildman–Crippen MR) is 88.1 cm³/mol. The normalized spacial score (nSPS) is 21.6. The van der Waals surface area contributed by atoms with Crippen LogP contribution in [0.4, 0.5) is 0 Å². The van der Waals surface area contributed by atoms with Crippen molar-refractivity contribution in [1.82, 2.24) is 0 Å². The highest BCUT2D eigenvalue weighted by Crippen LogP contribution is 2.37. The summed E-state index contributed by atoms with van der Waals surface area (Å²) >= 11 is 9.80. The quantitative estimate of drug-likeness (QED) is 0.824. The third-order valence-electron chi connectivity index (χ3n) is 4.14. The van der Waals surface area contributed by atoms with Crippen molar-refractivity contribution in [2.45, 2.75) is 31.2 Å². The van der Waals surface area contributed by atoms with Crippen LogP contribution in [0.15, 0.2) is 46.9 Å². The van der Waals surface area contributed by atoms with Crippen LogP contribution in [-0.2, 0) is 18.4 Å². The molecule has 0 saturated carbocycles. The van der Waals surface area contributed by atoms with E-state index < -0.39 is 0 Å². The van der Waals surface area contributed by atoms with Gasteiger partial charge in [-0.05, 0) is 54.5 Å². The third kappa shape index (κ3) is 2.65. The average molecular weight is 351 g/mol. The molecule has 2 aromatic carbocycles. The molecule has 0 aliphatic heterocycles. The van der Waals surface area contributed by atoms with Crippen LogP contribution >= 0.6 is 27.5 Å². The number of benzene rings is 2. The SMILES string of the molecule is NC1(Cc2ccc(Br)cc2Cl)CCCc2ccccc21. The van der Waals surface area contributed by atoms with Gasteiger partial charge >= 0.3 is 0 Å². The number of hydrogen-bond acceptors (Lipinski definition) is 1. The van der Waals surface area contributed by atoms with E-state index >= 15 is 0 Å². The molecule has 3 rings (SSSR count). The fourth-order valence-corrected chi connectivity index (χ4v) is 3.88. The van der Waals surface area contributed by atoms with E-state index in [0.29, 0.717) is 0 Å². The molecule has 2 N–H and O–H groups in total.